The summed E-state index contributed by atoms with van der Waals surface area (Å²) in [6.45, 7) is 0. The van der Waals surface area contributed by atoms with Crippen molar-refractivity contribution < 1.29 is 9.53 Å². The summed E-state index contributed by atoms with van der Waals surface area (Å²) in [6, 6.07) is 0.300. The smallest absolute Gasteiger partial charge is 0.407 e. The summed E-state index contributed by atoms with van der Waals surface area (Å²) in [6.07, 6.45) is 3.45. The number of hydrogen-bond acceptors (Lipinski definition) is 3. The molecule has 12 heavy (non-hydrogen) atoms. The quantitative estimate of drug-likeness (QED) is 0.609. The summed E-state index contributed by atoms with van der Waals surface area (Å²) in [4.78, 5) is 10.8. The van der Waals surface area contributed by atoms with Gasteiger partial charge in [0.2, 0.25) is 0 Å². The first-order valence-corrected chi connectivity index (χ1v) is 4.36. The van der Waals surface area contributed by atoms with Crippen molar-refractivity contribution in [2.45, 2.75) is 37.8 Å². The molecule has 4 nitrogen and oxygen atoms in total. The highest BCUT2D eigenvalue weighted by Crippen LogP contribution is 2.19. The van der Waals surface area contributed by atoms with E-state index in [0.717, 1.165) is 25.7 Å². The van der Waals surface area contributed by atoms with Gasteiger partial charge >= 0.3 is 6.09 Å². The second-order valence-corrected chi connectivity index (χ2v) is 3.19. The molecule has 1 aliphatic carbocycles. The Kier molecular flexibility index (Phi) is 3.34. The number of nitrogens with one attached hydrogen (secondary N) is 1. The lowest BCUT2D eigenvalue weighted by Gasteiger charge is -2.25. The first kappa shape index (κ1) is 9.32. The predicted molar refractivity (Wildman–Crippen MR) is 45.8 cm³/mol. The molecule has 0 saturated heterocycles. The molecule has 0 atom stereocenters. The Morgan fingerprint density at radius 3 is 2.50 bits per heavy atom. The van der Waals surface area contributed by atoms with E-state index in [2.05, 4.69) is 5.32 Å². The van der Waals surface area contributed by atoms with Crippen LogP contribution in [0.15, 0.2) is 0 Å². The van der Waals surface area contributed by atoms with E-state index in [1.165, 1.54) is 0 Å². The number of ether oxygens (including phenoxy) is 1. The van der Waals surface area contributed by atoms with Gasteiger partial charge in [-0.05, 0) is 25.7 Å². The molecule has 0 radical (unpaired) electrons. The van der Waals surface area contributed by atoms with Crippen molar-refractivity contribution >= 4 is 6.09 Å². The zero-order valence-electron chi connectivity index (χ0n) is 7.38. The van der Waals surface area contributed by atoms with Gasteiger partial charge in [-0.1, -0.05) is 0 Å². The summed E-state index contributed by atoms with van der Waals surface area (Å²) >= 11 is 0. The highest BCUT2D eigenvalue weighted by Gasteiger charge is 2.20. The van der Waals surface area contributed by atoms with Crippen LogP contribution in [0, 0.1) is 0 Å². The summed E-state index contributed by atoms with van der Waals surface area (Å²) in [5.41, 5.74) is 5.70. The third-order valence-corrected chi connectivity index (χ3v) is 2.20. The van der Waals surface area contributed by atoms with E-state index in [4.69, 9.17) is 10.5 Å². The van der Waals surface area contributed by atoms with Gasteiger partial charge in [0, 0.05) is 13.1 Å². The Balaban J connectivity index is 2.21. The molecule has 3 N–H and O–H groups in total. The Labute approximate surface area is 72.5 Å². The number of nitrogens with two attached hydrogens (primary N) is 1. The third kappa shape index (κ3) is 2.70. The van der Waals surface area contributed by atoms with E-state index in [-0.39, 0.29) is 12.2 Å². The van der Waals surface area contributed by atoms with Gasteiger partial charge in [0.1, 0.15) is 6.10 Å². The van der Waals surface area contributed by atoms with Gasteiger partial charge in [0.25, 0.3) is 0 Å². The first-order valence-electron chi connectivity index (χ1n) is 4.36. The lowest BCUT2D eigenvalue weighted by molar-refractivity contribution is 0.0734. The molecule has 0 aromatic heterocycles. The van der Waals surface area contributed by atoms with Crippen molar-refractivity contribution in [1.29, 1.82) is 0 Å². The second kappa shape index (κ2) is 4.30. The summed E-state index contributed by atoms with van der Waals surface area (Å²) in [7, 11) is 1.57. The summed E-state index contributed by atoms with van der Waals surface area (Å²) in [5, 5.41) is 2.43. The molecule has 1 amide bonds. The molecule has 0 aromatic carbocycles. The van der Waals surface area contributed by atoms with Crippen LogP contribution >= 0.6 is 0 Å². The molecule has 1 saturated carbocycles. The first-order chi connectivity index (χ1) is 5.72. The van der Waals surface area contributed by atoms with Crippen LogP contribution in [0.4, 0.5) is 4.79 Å². The van der Waals surface area contributed by atoms with Crippen molar-refractivity contribution in [3.63, 3.8) is 0 Å². The molecule has 0 bridgehead atoms. The Bertz CT molecular complexity index is 153. The van der Waals surface area contributed by atoms with E-state index >= 15 is 0 Å². The van der Waals surface area contributed by atoms with Crippen molar-refractivity contribution in [3.8, 4) is 0 Å². The number of hydrogen-bond donors (Lipinski definition) is 2. The van der Waals surface area contributed by atoms with E-state index in [1.807, 2.05) is 0 Å². The van der Waals surface area contributed by atoms with Crippen LogP contribution < -0.4 is 11.1 Å². The SMILES string of the molecule is CNC(=O)OC1CCC(N)CC1. The normalized spacial score (nSPS) is 29.5. The number of alkyl carbamates (subject to hydrolysis) is 1. The minimum absolute atomic E-state index is 0.0738. The minimum Gasteiger partial charge on any atom is -0.446 e. The molecule has 0 unspecified atom stereocenters. The minimum atomic E-state index is -0.338. The van der Waals surface area contributed by atoms with Gasteiger partial charge in [-0.25, -0.2) is 4.79 Å². The van der Waals surface area contributed by atoms with Crippen LogP contribution in [0.3, 0.4) is 0 Å². The number of carbonyl (C=O) groups is 1. The van der Waals surface area contributed by atoms with Gasteiger partial charge in [0.15, 0.2) is 0 Å². The van der Waals surface area contributed by atoms with Gasteiger partial charge in [-0.15, -0.1) is 0 Å². The fraction of sp³-hybridized carbons (Fsp3) is 0.875. The van der Waals surface area contributed by atoms with Crippen LogP contribution in [0.2, 0.25) is 0 Å². The number of carbonyl (C=O) groups excluding carboxylic acids is 1. The van der Waals surface area contributed by atoms with Gasteiger partial charge < -0.3 is 15.8 Å². The van der Waals surface area contributed by atoms with E-state index < -0.39 is 0 Å². The standard InChI is InChI=1S/C8H16N2O2/c1-10-8(11)12-7-4-2-6(9)3-5-7/h6-7H,2-5,9H2,1H3,(H,10,11). The van der Waals surface area contributed by atoms with Crippen LogP contribution in [-0.2, 0) is 4.74 Å². The molecule has 1 aliphatic rings. The van der Waals surface area contributed by atoms with Crippen molar-refractivity contribution in [2.24, 2.45) is 5.73 Å². The Hall–Kier alpha value is -0.770. The maximum Gasteiger partial charge on any atom is 0.407 e. The molecular weight excluding hydrogens is 156 g/mol. The molecule has 0 spiro atoms. The topological polar surface area (TPSA) is 64.3 Å². The molecule has 0 aromatic rings. The highest BCUT2D eigenvalue weighted by molar-refractivity contribution is 5.66. The predicted octanol–water partition coefficient (Wildman–Crippen LogP) is 0.612. The average molecular weight is 172 g/mol. The van der Waals surface area contributed by atoms with E-state index in [0.29, 0.717) is 6.04 Å². The summed E-state index contributed by atoms with van der Waals surface area (Å²) in [5.74, 6) is 0. The lowest BCUT2D eigenvalue weighted by Crippen LogP contribution is -2.33. The Morgan fingerprint density at radius 1 is 1.42 bits per heavy atom. The fourth-order valence-electron chi connectivity index (χ4n) is 1.42. The third-order valence-electron chi connectivity index (χ3n) is 2.20. The van der Waals surface area contributed by atoms with Crippen LogP contribution in [-0.4, -0.2) is 25.3 Å². The largest absolute Gasteiger partial charge is 0.446 e. The van der Waals surface area contributed by atoms with Crippen LogP contribution in [0.25, 0.3) is 0 Å². The molecule has 0 heterocycles. The molecular formula is C8H16N2O2. The molecule has 1 fully saturated rings. The molecule has 70 valence electrons. The van der Waals surface area contributed by atoms with Crippen LogP contribution in [0.5, 0.6) is 0 Å². The lowest BCUT2D eigenvalue weighted by atomic mass is 9.94. The van der Waals surface area contributed by atoms with Crippen molar-refractivity contribution in [2.75, 3.05) is 7.05 Å². The molecule has 0 aliphatic heterocycles. The molecule has 4 heteroatoms. The monoisotopic (exact) mass is 172 g/mol. The average Bonchev–Trinajstić information content (AvgIpc) is 2.09. The van der Waals surface area contributed by atoms with Gasteiger partial charge in [-0.3, -0.25) is 0 Å². The van der Waals surface area contributed by atoms with E-state index in [1.54, 1.807) is 7.05 Å². The Morgan fingerprint density at radius 2 is 2.00 bits per heavy atom. The maximum atomic E-state index is 10.8. The van der Waals surface area contributed by atoms with Crippen molar-refractivity contribution in [3.05, 3.63) is 0 Å². The number of amides is 1. The van der Waals surface area contributed by atoms with Gasteiger partial charge in [-0.2, -0.15) is 0 Å². The second-order valence-electron chi connectivity index (χ2n) is 3.19. The zero-order valence-corrected chi connectivity index (χ0v) is 7.38. The van der Waals surface area contributed by atoms with Crippen LogP contribution in [0.1, 0.15) is 25.7 Å². The summed E-state index contributed by atoms with van der Waals surface area (Å²) < 4.78 is 5.08. The zero-order chi connectivity index (χ0) is 8.97. The van der Waals surface area contributed by atoms with Gasteiger partial charge in [0.05, 0.1) is 0 Å². The molecule has 1 rings (SSSR count). The van der Waals surface area contributed by atoms with Crippen molar-refractivity contribution in [1.82, 2.24) is 5.32 Å². The fourth-order valence-corrected chi connectivity index (χ4v) is 1.42. The number of rotatable bonds is 1. The van der Waals surface area contributed by atoms with E-state index in [9.17, 15) is 4.79 Å². The maximum absolute atomic E-state index is 10.8. The highest BCUT2D eigenvalue weighted by atomic mass is 16.6.